The van der Waals surface area contributed by atoms with Crippen molar-refractivity contribution in [2.75, 3.05) is 21.3 Å². The molecule has 8 heteroatoms. The van der Waals surface area contributed by atoms with Crippen molar-refractivity contribution < 1.29 is 19.1 Å². The van der Waals surface area contributed by atoms with Gasteiger partial charge in [0, 0.05) is 7.11 Å². The van der Waals surface area contributed by atoms with Crippen LogP contribution in [0.5, 0.6) is 11.5 Å². The van der Waals surface area contributed by atoms with Gasteiger partial charge in [0.15, 0.2) is 0 Å². The highest BCUT2D eigenvalue weighted by molar-refractivity contribution is 5.76. The van der Waals surface area contributed by atoms with Crippen LogP contribution in [-0.2, 0) is 11.3 Å². The lowest BCUT2D eigenvalue weighted by atomic mass is 10.0. The van der Waals surface area contributed by atoms with Crippen molar-refractivity contribution >= 4 is 5.70 Å². The van der Waals surface area contributed by atoms with Crippen LogP contribution >= 0.6 is 0 Å². The second kappa shape index (κ2) is 9.00. The molecule has 2 rings (SSSR count). The van der Waals surface area contributed by atoms with E-state index in [4.69, 9.17) is 19.9 Å². The highest BCUT2D eigenvalue weighted by Crippen LogP contribution is 2.39. The first-order chi connectivity index (χ1) is 13.0. The van der Waals surface area contributed by atoms with E-state index in [2.05, 4.69) is 4.98 Å². The smallest absolute Gasteiger partial charge is 0.313 e. The van der Waals surface area contributed by atoms with Crippen molar-refractivity contribution in [1.29, 1.82) is 0 Å². The van der Waals surface area contributed by atoms with Crippen LogP contribution in [0.25, 0.3) is 17.0 Å². The Balaban J connectivity index is 2.68. The molecule has 0 fully saturated rings. The SMILES string of the molecule is CCC(N)=C(c1cccc(-c2c(OC)cc(COC)cc2OC)n1)[N+](=O)[O-]. The second-order valence-corrected chi connectivity index (χ2v) is 5.70. The zero-order chi connectivity index (χ0) is 20.0. The van der Waals surface area contributed by atoms with Gasteiger partial charge in [-0.3, -0.25) is 10.1 Å². The number of benzene rings is 1. The van der Waals surface area contributed by atoms with Crippen LogP contribution in [-0.4, -0.2) is 31.2 Å². The molecule has 0 atom stereocenters. The van der Waals surface area contributed by atoms with Crippen molar-refractivity contribution in [2.24, 2.45) is 5.73 Å². The minimum absolute atomic E-state index is 0.166. The molecule has 0 aliphatic heterocycles. The third-order valence-electron chi connectivity index (χ3n) is 3.99. The summed E-state index contributed by atoms with van der Waals surface area (Å²) in [5.74, 6) is 1.06. The Bertz CT molecular complexity index is 839. The zero-order valence-corrected chi connectivity index (χ0v) is 15.8. The average Bonchev–Trinajstić information content (AvgIpc) is 2.67. The fourth-order valence-electron chi connectivity index (χ4n) is 2.72. The van der Waals surface area contributed by atoms with Crippen LogP contribution in [0.4, 0.5) is 0 Å². The Morgan fingerprint density at radius 2 is 1.81 bits per heavy atom. The van der Waals surface area contributed by atoms with Crippen molar-refractivity contribution in [3.8, 4) is 22.8 Å². The maximum Gasteiger partial charge on any atom is 0.313 e. The molecular weight excluding hydrogens is 350 g/mol. The van der Waals surface area contributed by atoms with Crippen molar-refractivity contribution in [1.82, 2.24) is 4.98 Å². The van der Waals surface area contributed by atoms with Crippen LogP contribution in [0.15, 0.2) is 36.0 Å². The summed E-state index contributed by atoms with van der Waals surface area (Å²) >= 11 is 0. The number of aromatic nitrogens is 1. The third kappa shape index (κ3) is 4.35. The maximum atomic E-state index is 11.5. The van der Waals surface area contributed by atoms with Gasteiger partial charge in [-0.2, -0.15) is 0 Å². The number of ether oxygens (including phenoxy) is 3. The summed E-state index contributed by atoms with van der Waals surface area (Å²) in [4.78, 5) is 15.4. The van der Waals surface area contributed by atoms with Gasteiger partial charge < -0.3 is 19.9 Å². The summed E-state index contributed by atoms with van der Waals surface area (Å²) in [6.45, 7) is 2.14. The molecule has 1 heterocycles. The molecule has 2 aromatic rings. The summed E-state index contributed by atoms with van der Waals surface area (Å²) in [6.07, 6.45) is 0.348. The Morgan fingerprint density at radius 1 is 1.19 bits per heavy atom. The summed E-state index contributed by atoms with van der Waals surface area (Å²) in [5, 5.41) is 11.5. The fourth-order valence-corrected chi connectivity index (χ4v) is 2.72. The number of nitrogens with zero attached hydrogens (tertiary/aromatic N) is 2. The van der Waals surface area contributed by atoms with Crippen LogP contribution in [0.3, 0.4) is 0 Å². The first-order valence-electron chi connectivity index (χ1n) is 8.31. The van der Waals surface area contributed by atoms with Crippen LogP contribution in [0, 0.1) is 10.1 Å². The molecule has 0 saturated carbocycles. The van der Waals surface area contributed by atoms with E-state index >= 15 is 0 Å². The predicted molar refractivity (Wildman–Crippen MR) is 102 cm³/mol. The molecule has 1 aromatic carbocycles. The molecule has 0 amide bonds. The van der Waals surface area contributed by atoms with Gasteiger partial charge in [-0.05, 0) is 36.2 Å². The van der Waals surface area contributed by atoms with Crippen LogP contribution in [0.2, 0.25) is 0 Å². The van der Waals surface area contributed by atoms with Gasteiger partial charge in [0.1, 0.15) is 17.2 Å². The van der Waals surface area contributed by atoms with E-state index in [-0.39, 0.29) is 17.1 Å². The molecule has 0 saturated heterocycles. The van der Waals surface area contributed by atoms with Crippen molar-refractivity contribution in [3.63, 3.8) is 0 Å². The molecule has 0 radical (unpaired) electrons. The summed E-state index contributed by atoms with van der Waals surface area (Å²) in [5.41, 5.74) is 7.93. The molecule has 0 bridgehead atoms. The number of pyridine rings is 1. The summed E-state index contributed by atoms with van der Waals surface area (Å²) in [6, 6.07) is 8.62. The molecule has 144 valence electrons. The number of nitro groups is 1. The molecule has 27 heavy (non-hydrogen) atoms. The maximum absolute atomic E-state index is 11.5. The molecule has 0 aliphatic carbocycles. The zero-order valence-electron chi connectivity index (χ0n) is 15.8. The van der Waals surface area contributed by atoms with Crippen molar-refractivity contribution in [2.45, 2.75) is 20.0 Å². The summed E-state index contributed by atoms with van der Waals surface area (Å²) in [7, 11) is 4.67. The first kappa shape index (κ1) is 20.2. The van der Waals surface area contributed by atoms with Gasteiger partial charge in [0.2, 0.25) is 0 Å². The highest BCUT2D eigenvalue weighted by Gasteiger charge is 2.22. The van der Waals surface area contributed by atoms with Crippen LogP contribution < -0.4 is 15.2 Å². The number of methoxy groups -OCH3 is 3. The number of hydrogen-bond acceptors (Lipinski definition) is 7. The lowest BCUT2D eigenvalue weighted by Gasteiger charge is -2.15. The number of allylic oxidation sites excluding steroid dienone is 1. The van der Waals surface area contributed by atoms with Gasteiger partial charge in [0.25, 0.3) is 0 Å². The lowest BCUT2D eigenvalue weighted by molar-refractivity contribution is -0.376. The molecule has 8 nitrogen and oxygen atoms in total. The van der Waals surface area contributed by atoms with Gasteiger partial charge in [0.05, 0.1) is 42.7 Å². The van der Waals surface area contributed by atoms with Gasteiger partial charge >= 0.3 is 5.70 Å². The number of nitrogens with two attached hydrogens (primary N) is 1. The number of rotatable bonds is 8. The number of hydrogen-bond donors (Lipinski definition) is 1. The lowest BCUT2D eigenvalue weighted by Crippen LogP contribution is -2.10. The topological polar surface area (TPSA) is 110 Å². The Kier molecular flexibility index (Phi) is 6.73. The van der Waals surface area contributed by atoms with E-state index < -0.39 is 4.92 Å². The Morgan fingerprint density at radius 3 is 2.30 bits per heavy atom. The van der Waals surface area contributed by atoms with E-state index in [1.54, 1.807) is 32.2 Å². The monoisotopic (exact) mass is 373 g/mol. The van der Waals surface area contributed by atoms with Crippen molar-refractivity contribution in [3.05, 3.63) is 57.4 Å². The van der Waals surface area contributed by atoms with Gasteiger partial charge in [-0.15, -0.1) is 0 Å². The van der Waals surface area contributed by atoms with Gasteiger partial charge in [-0.25, -0.2) is 4.98 Å². The van der Waals surface area contributed by atoms with Crippen LogP contribution in [0.1, 0.15) is 24.6 Å². The minimum atomic E-state index is -0.513. The minimum Gasteiger partial charge on any atom is -0.496 e. The van der Waals surface area contributed by atoms with E-state index in [0.717, 1.165) is 5.56 Å². The molecule has 1 aromatic heterocycles. The normalized spacial score (nSPS) is 11.7. The highest BCUT2D eigenvalue weighted by atomic mass is 16.6. The first-order valence-corrected chi connectivity index (χ1v) is 8.31. The molecular formula is C19H23N3O5. The predicted octanol–water partition coefficient (Wildman–Crippen LogP) is 3.23. The standard InChI is InChI=1S/C19H23N3O5/c1-5-13(20)19(22(23)24)15-8-6-7-14(21-15)18-16(26-3)9-12(11-25-2)10-17(18)27-4/h6-10H,5,11,20H2,1-4H3. The molecule has 0 aliphatic rings. The molecule has 2 N–H and O–H groups in total. The largest absolute Gasteiger partial charge is 0.496 e. The Hall–Kier alpha value is -3.13. The van der Waals surface area contributed by atoms with E-state index in [1.807, 2.05) is 12.1 Å². The Labute approximate surface area is 157 Å². The molecule has 0 unspecified atom stereocenters. The third-order valence-corrected chi connectivity index (χ3v) is 3.99. The van der Waals surface area contributed by atoms with E-state index in [9.17, 15) is 10.1 Å². The van der Waals surface area contributed by atoms with Gasteiger partial charge in [-0.1, -0.05) is 13.0 Å². The fraction of sp³-hybridized carbons (Fsp3) is 0.316. The second-order valence-electron chi connectivity index (χ2n) is 5.70. The van der Waals surface area contributed by atoms with E-state index in [1.165, 1.54) is 14.2 Å². The average molecular weight is 373 g/mol. The summed E-state index contributed by atoms with van der Waals surface area (Å²) < 4.78 is 16.2. The van der Waals surface area contributed by atoms with E-state index in [0.29, 0.717) is 35.8 Å². The molecule has 0 spiro atoms. The quantitative estimate of drug-likeness (QED) is 0.559.